The van der Waals surface area contributed by atoms with Crippen LogP contribution in [0.1, 0.15) is 11.4 Å². The van der Waals surface area contributed by atoms with Gasteiger partial charge in [-0.15, -0.1) is 0 Å². The molecule has 0 aliphatic carbocycles. The van der Waals surface area contributed by atoms with Crippen LogP contribution in [0.4, 0.5) is 11.4 Å². The molecule has 1 aliphatic heterocycles. The molecule has 4 rings (SSSR count). The number of rotatable bonds is 3. The van der Waals surface area contributed by atoms with Gasteiger partial charge in [0, 0.05) is 11.9 Å². The second kappa shape index (κ2) is 4.89. The Hall–Kier alpha value is -2.34. The number of nitrogens with two attached hydrogens (primary N) is 1. The molecular formula is C15H14N4OS. The summed E-state index contributed by atoms with van der Waals surface area (Å²) in [6.45, 7) is 1.56. The number of anilines is 2. The Morgan fingerprint density at radius 1 is 1.33 bits per heavy atom. The first-order chi connectivity index (χ1) is 10.3. The summed E-state index contributed by atoms with van der Waals surface area (Å²) in [5.41, 5.74) is 10.3. The molecular weight excluding hydrogens is 284 g/mol. The highest BCUT2D eigenvalue weighted by Gasteiger charge is 2.23. The van der Waals surface area contributed by atoms with Crippen molar-refractivity contribution in [2.75, 3.05) is 17.2 Å². The van der Waals surface area contributed by atoms with E-state index >= 15 is 0 Å². The summed E-state index contributed by atoms with van der Waals surface area (Å²) >= 11 is 1.61. The molecule has 0 bridgehead atoms. The van der Waals surface area contributed by atoms with Gasteiger partial charge in [-0.25, -0.2) is 0 Å². The smallest absolute Gasteiger partial charge is 0.258 e. The Morgan fingerprint density at radius 2 is 2.29 bits per heavy atom. The molecule has 106 valence electrons. The molecule has 0 unspecified atom stereocenters. The van der Waals surface area contributed by atoms with Crippen LogP contribution >= 0.6 is 11.3 Å². The zero-order valence-electron chi connectivity index (χ0n) is 11.3. The number of thiophene rings is 1. The third-order valence-corrected chi connectivity index (χ3v) is 4.37. The number of hydrogen-bond donors (Lipinski definition) is 1. The van der Waals surface area contributed by atoms with Crippen molar-refractivity contribution in [1.82, 2.24) is 10.1 Å². The maximum Gasteiger partial charge on any atom is 0.258 e. The van der Waals surface area contributed by atoms with Crippen LogP contribution in [0.2, 0.25) is 0 Å². The summed E-state index contributed by atoms with van der Waals surface area (Å²) in [6, 6.07) is 8.04. The highest BCUT2D eigenvalue weighted by atomic mass is 32.1. The number of benzene rings is 1. The maximum atomic E-state index is 6.09. The van der Waals surface area contributed by atoms with Crippen molar-refractivity contribution in [3.63, 3.8) is 0 Å². The molecule has 0 spiro atoms. The predicted molar refractivity (Wildman–Crippen MR) is 83.2 cm³/mol. The minimum atomic E-state index is 0.576. The monoisotopic (exact) mass is 298 g/mol. The third-order valence-electron chi connectivity index (χ3n) is 3.69. The average molecular weight is 298 g/mol. The van der Waals surface area contributed by atoms with Crippen molar-refractivity contribution in [3.8, 4) is 11.5 Å². The first kappa shape index (κ1) is 12.4. The standard InChI is InChI=1S/C15H14N4OS/c16-12-3-1-2-10-4-6-19(14(10)12)8-13-17-15(20-18-13)11-5-7-21-9-11/h1-3,5,7,9H,4,6,8,16H2. The lowest BCUT2D eigenvalue weighted by Crippen LogP contribution is -2.21. The summed E-state index contributed by atoms with van der Waals surface area (Å²) < 4.78 is 5.33. The fraction of sp³-hybridized carbons (Fsp3) is 0.200. The van der Waals surface area contributed by atoms with Gasteiger partial charge in [-0.2, -0.15) is 16.3 Å². The Labute approximate surface area is 126 Å². The zero-order valence-corrected chi connectivity index (χ0v) is 12.1. The van der Waals surface area contributed by atoms with E-state index in [1.165, 1.54) is 5.56 Å². The molecule has 5 nitrogen and oxygen atoms in total. The highest BCUT2D eigenvalue weighted by molar-refractivity contribution is 7.08. The maximum absolute atomic E-state index is 6.09. The van der Waals surface area contributed by atoms with Crippen molar-refractivity contribution in [3.05, 3.63) is 46.4 Å². The first-order valence-electron chi connectivity index (χ1n) is 6.79. The molecule has 6 heteroatoms. The van der Waals surface area contributed by atoms with Crippen LogP contribution in [-0.2, 0) is 13.0 Å². The number of nitrogen functional groups attached to an aromatic ring is 1. The normalized spacial score (nSPS) is 13.6. The van der Waals surface area contributed by atoms with Crippen molar-refractivity contribution in [1.29, 1.82) is 0 Å². The number of para-hydroxylation sites is 1. The lowest BCUT2D eigenvalue weighted by atomic mass is 10.1. The number of fused-ring (bicyclic) bond motifs is 1. The molecule has 3 heterocycles. The van der Waals surface area contributed by atoms with Gasteiger partial charge in [-0.1, -0.05) is 17.3 Å². The molecule has 2 N–H and O–H groups in total. The van der Waals surface area contributed by atoms with Gasteiger partial charge >= 0.3 is 0 Å². The summed E-state index contributed by atoms with van der Waals surface area (Å²) in [6.07, 6.45) is 1.01. The highest BCUT2D eigenvalue weighted by Crippen LogP contribution is 2.34. The van der Waals surface area contributed by atoms with Crippen molar-refractivity contribution < 1.29 is 4.52 Å². The van der Waals surface area contributed by atoms with Gasteiger partial charge < -0.3 is 15.2 Å². The van der Waals surface area contributed by atoms with Crippen molar-refractivity contribution in [2.45, 2.75) is 13.0 Å². The van der Waals surface area contributed by atoms with E-state index < -0.39 is 0 Å². The molecule has 0 radical (unpaired) electrons. The van der Waals surface area contributed by atoms with E-state index in [0.717, 1.165) is 29.9 Å². The number of aromatic nitrogens is 2. The van der Waals surface area contributed by atoms with Crippen LogP contribution in [0.5, 0.6) is 0 Å². The molecule has 1 aromatic carbocycles. The molecule has 2 aromatic heterocycles. The van der Waals surface area contributed by atoms with Crippen LogP contribution in [-0.4, -0.2) is 16.7 Å². The molecule has 3 aromatic rings. The van der Waals surface area contributed by atoms with E-state index in [0.29, 0.717) is 18.3 Å². The van der Waals surface area contributed by atoms with Crippen LogP contribution < -0.4 is 10.6 Å². The Kier molecular flexibility index (Phi) is 2.89. The zero-order chi connectivity index (χ0) is 14.2. The summed E-state index contributed by atoms with van der Waals surface area (Å²) in [7, 11) is 0. The van der Waals surface area contributed by atoms with E-state index in [4.69, 9.17) is 10.3 Å². The minimum Gasteiger partial charge on any atom is -0.397 e. The molecule has 0 saturated carbocycles. The Morgan fingerprint density at radius 3 is 3.14 bits per heavy atom. The van der Waals surface area contributed by atoms with E-state index in [1.54, 1.807) is 11.3 Å². The first-order valence-corrected chi connectivity index (χ1v) is 7.73. The quantitative estimate of drug-likeness (QED) is 0.753. The molecule has 0 amide bonds. The molecule has 0 atom stereocenters. The predicted octanol–water partition coefficient (Wildman–Crippen LogP) is 2.94. The second-order valence-corrected chi connectivity index (χ2v) is 5.83. The van der Waals surface area contributed by atoms with Crippen LogP contribution in [0.3, 0.4) is 0 Å². The van der Waals surface area contributed by atoms with Crippen LogP contribution in [0.15, 0.2) is 39.5 Å². The summed E-state index contributed by atoms with van der Waals surface area (Å²) in [5.74, 6) is 1.26. The lowest BCUT2D eigenvalue weighted by molar-refractivity contribution is 0.422. The van der Waals surface area contributed by atoms with Gasteiger partial charge in [0.05, 0.1) is 23.5 Å². The molecule has 0 fully saturated rings. The largest absolute Gasteiger partial charge is 0.397 e. The van der Waals surface area contributed by atoms with Gasteiger partial charge in [0.25, 0.3) is 5.89 Å². The minimum absolute atomic E-state index is 0.576. The van der Waals surface area contributed by atoms with Crippen molar-refractivity contribution >= 4 is 22.7 Å². The van der Waals surface area contributed by atoms with E-state index in [-0.39, 0.29) is 0 Å². The number of nitrogens with zero attached hydrogens (tertiary/aromatic N) is 3. The summed E-state index contributed by atoms with van der Waals surface area (Å²) in [5, 5.41) is 8.07. The molecule has 0 saturated heterocycles. The van der Waals surface area contributed by atoms with Crippen LogP contribution in [0, 0.1) is 0 Å². The summed E-state index contributed by atoms with van der Waals surface area (Å²) in [4.78, 5) is 6.68. The second-order valence-electron chi connectivity index (χ2n) is 5.05. The topological polar surface area (TPSA) is 68.2 Å². The van der Waals surface area contributed by atoms with E-state index in [2.05, 4.69) is 21.1 Å². The third kappa shape index (κ3) is 2.17. The van der Waals surface area contributed by atoms with Gasteiger partial charge in [-0.3, -0.25) is 0 Å². The number of hydrogen-bond acceptors (Lipinski definition) is 6. The van der Waals surface area contributed by atoms with E-state index in [1.807, 2.05) is 29.0 Å². The molecule has 1 aliphatic rings. The molecule has 21 heavy (non-hydrogen) atoms. The SMILES string of the molecule is Nc1cccc2c1N(Cc1noc(-c3ccsc3)n1)CC2. The average Bonchev–Trinajstić information content (AvgIpc) is 3.19. The Balaban J connectivity index is 1.59. The van der Waals surface area contributed by atoms with Crippen LogP contribution in [0.25, 0.3) is 11.5 Å². The van der Waals surface area contributed by atoms with Crippen molar-refractivity contribution in [2.24, 2.45) is 0 Å². The lowest BCUT2D eigenvalue weighted by Gasteiger charge is -2.18. The fourth-order valence-electron chi connectivity index (χ4n) is 2.72. The van der Waals surface area contributed by atoms with E-state index in [9.17, 15) is 0 Å². The fourth-order valence-corrected chi connectivity index (χ4v) is 3.35. The van der Waals surface area contributed by atoms with Gasteiger partial charge in [0.1, 0.15) is 0 Å². The Bertz CT molecular complexity index is 766. The van der Waals surface area contributed by atoms with Gasteiger partial charge in [0.15, 0.2) is 5.82 Å². The van der Waals surface area contributed by atoms with Gasteiger partial charge in [0.2, 0.25) is 0 Å². The van der Waals surface area contributed by atoms with Gasteiger partial charge in [-0.05, 0) is 29.5 Å².